The molecule has 6 nitrogen and oxygen atoms in total. The molecular formula is C18H20FN3O3. The lowest BCUT2D eigenvalue weighted by Crippen LogP contribution is -2.40. The Morgan fingerprint density at radius 3 is 2.52 bits per heavy atom. The molecule has 0 radical (unpaired) electrons. The maximum atomic E-state index is 13.7. The fraction of sp³-hybridized carbons (Fsp3) is 0.222. The van der Waals surface area contributed by atoms with E-state index in [1.165, 1.54) is 19.2 Å². The normalized spacial score (nSPS) is 10.4. The van der Waals surface area contributed by atoms with Gasteiger partial charge in [0.15, 0.2) is 11.6 Å². The van der Waals surface area contributed by atoms with Gasteiger partial charge in [-0.25, -0.2) is 9.18 Å². The van der Waals surface area contributed by atoms with Crippen molar-refractivity contribution in [2.45, 2.75) is 6.54 Å². The van der Waals surface area contributed by atoms with Crippen molar-refractivity contribution in [2.75, 3.05) is 26.0 Å². The third-order valence-corrected chi connectivity index (χ3v) is 3.37. The van der Waals surface area contributed by atoms with E-state index in [0.717, 1.165) is 0 Å². The second kappa shape index (κ2) is 8.79. The molecule has 0 aliphatic rings. The minimum absolute atomic E-state index is 0.00411. The van der Waals surface area contributed by atoms with Gasteiger partial charge in [-0.05, 0) is 36.9 Å². The second-order valence-electron chi connectivity index (χ2n) is 5.51. The van der Waals surface area contributed by atoms with Crippen molar-refractivity contribution in [3.63, 3.8) is 0 Å². The second-order valence-corrected chi connectivity index (χ2v) is 5.51. The van der Waals surface area contributed by atoms with Crippen LogP contribution in [0.2, 0.25) is 0 Å². The zero-order valence-corrected chi connectivity index (χ0v) is 14.1. The molecule has 0 aliphatic heterocycles. The number of nitrogens with one attached hydrogen (secondary N) is 2. The maximum Gasteiger partial charge on any atom is 0.325 e. The van der Waals surface area contributed by atoms with E-state index < -0.39 is 17.8 Å². The lowest BCUT2D eigenvalue weighted by molar-refractivity contribution is -0.120. The number of ether oxygens (including phenoxy) is 1. The molecule has 0 spiro atoms. The molecule has 2 aromatic rings. The van der Waals surface area contributed by atoms with Crippen LogP contribution < -0.4 is 15.4 Å². The Morgan fingerprint density at radius 1 is 1.16 bits per heavy atom. The highest BCUT2D eigenvalue weighted by Gasteiger charge is 2.12. The summed E-state index contributed by atoms with van der Waals surface area (Å²) in [6.07, 6.45) is 0. The van der Waals surface area contributed by atoms with Crippen LogP contribution in [-0.4, -0.2) is 37.5 Å². The topological polar surface area (TPSA) is 70.7 Å². The number of anilines is 1. The first-order chi connectivity index (χ1) is 12.0. The fourth-order valence-electron chi connectivity index (χ4n) is 2.27. The van der Waals surface area contributed by atoms with Gasteiger partial charge in [-0.1, -0.05) is 24.3 Å². The number of carbonyl (C=O) groups excluding carboxylic acids is 2. The average Bonchev–Trinajstić information content (AvgIpc) is 2.55. The van der Waals surface area contributed by atoms with Gasteiger partial charge >= 0.3 is 6.03 Å². The van der Waals surface area contributed by atoms with E-state index in [4.69, 9.17) is 4.74 Å². The highest BCUT2D eigenvalue weighted by Crippen LogP contribution is 2.18. The van der Waals surface area contributed by atoms with Crippen LogP contribution in [0.15, 0.2) is 48.5 Å². The smallest absolute Gasteiger partial charge is 0.325 e. The van der Waals surface area contributed by atoms with Crippen LogP contribution in [0.3, 0.4) is 0 Å². The largest absolute Gasteiger partial charge is 0.494 e. The van der Waals surface area contributed by atoms with Crippen LogP contribution in [0.1, 0.15) is 5.56 Å². The maximum absolute atomic E-state index is 13.7. The molecule has 2 N–H and O–H groups in total. The Bertz CT molecular complexity index is 738. The number of methoxy groups -OCH3 is 1. The van der Waals surface area contributed by atoms with Gasteiger partial charge in [-0.2, -0.15) is 0 Å². The Hall–Kier alpha value is -2.93. The van der Waals surface area contributed by atoms with Gasteiger partial charge < -0.3 is 10.1 Å². The molecule has 7 heteroatoms. The summed E-state index contributed by atoms with van der Waals surface area (Å²) in [6.45, 7) is 0.352. The van der Waals surface area contributed by atoms with E-state index in [-0.39, 0.29) is 12.3 Å². The zero-order valence-electron chi connectivity index (χ0n) is 14.1. The van der Waals surface area contributed by atoms with E-state index in [1.54, 1.807) is 42.3 Å². The first-order valence-corrected chi connectivity index (χ1v) is 7.65. The number of nitrogens with zero attached hydrogens (tertiary/aromatic N) is 1. The summed E-state index contributed by atoms with van der Waals surface area (Å²) in [5.74, 6) is -0.744. The molecule has 2 rings (SSSR count). The van der Waals surface area contributed by atoms with Crippen molar-refractivity contribution in [1.82, 2.24) is 10.2 Å². The Balaban J connectivity index is 1.81. The summed E-state index contributed by atoms with van der Waals surface area (Å²) in [5, 5.41) is 4.81. The molecule has 0 aromatic heterocycles. The van der Waals surface area contributed by atoms with Gasteiger partial charge in [0.2, 0.25) is 5.91 Å². The van der Waals surface area contributed by atoms with Crippen molar-refractivity contribution in [2.24, 2.45) is 0 Å². The van der Waals surface area contributed by atoms with Crippen LogP contribution in [0.5, 0.6) is 5.75 Å². The molecule has 2 aromatic carbocycles. The monoisotopic (exact) mass is 345 g/mol. The van der Waals surface area contributed by atoms with E-state index in [0.29, 0.717) is 17.8 Å². The lowest BCUT2D eigenvalue weighted by atomic mass is 10.2. The third kappa shape index (κ3) is 5.89. The van der Waals surface area contributed by atoms with Crippen LogP contribution in [-0.2, 0) is 11.3 Å². The van der Waals surface area contributed by atoms with Crippen LogP contribution in [0.4, 0.5) is 14.9 Å². The van der Waals surface area contributed by atoms with Crippen molar-refractivity contribution in [3.05, 3.63) is 59.9 Å². The number of hydrogen-bond donors (Lipinski definition) is 2. The number of amides is 3. The predicted octanol–water partition coefficient (Wildman–Crippen LogP) is 2.61. The molecular weight excluding hydrogens is 325 g/mol. The summed E-state index contributed by atoms with van der Waals surface area (Å²) in [4.78, 5) is 25.3. The van der Waals surface area contributed by atoms with Crippen LogP contribution in [0, 0.1) is 5.82 Å². The summed E-state index contributed by atoms with van der Waals surface area (Å²) < 4.78 is 18.5. The minimum atomic E-state index is -0.597. The first kappa shape index (κ1) is 18.4. The molecule has 0 atom stereocenters. The van der Waals surface area contributed by atoms with E-state index in [1.807, 2.05) is 6.07 Å². The summed E-state index contributed by atoms with van der Waals surface area (Å²) in [6, 6.07) is 12.8. The number of imide groups is 1. The highest BCUT2D eigenvalue weighted by molar-refractivity contribution is 6.01. The zero-order chi connectivity index (χ0) is 18.2. The summed E-state index contributed by atoms with van der Waals surface area (Å²) in [5.41, 5.74) is 1.29. The minimum Gasteiger partial charge on any atom is -0.494 e. The molecule has 0 unspecified atom stereocenters. The molecule has 0 saturated carbocycles. The first-order valence-electron chi connectivity index (χ1n) is 7.65. The Morgan fingerprint density at radius 2 is 1.88 bits per heavy atom. The molecule has 25 heavy (non-hydrogen) atoms. The number of halogens is 1. The van der Waals surface area contributed by atoms with E-state index in [2.05, 4.69) is 10.6 Å². The van der Waals surface area contributed by atoms with Gasteiger partial charge in [0.1, 0.15) is 0 Å². The molecule has 0 saturated heterocycles. The number of para-hydroxylation sites is 1. The summed E-state index contributed by atoms with van der Waals surface area (Å²) >= 11 is 0. The third-order valence-electron chi connectivity index (χ3n) is 3.37. The Kier molecular flexibility index (Phi) is 6.47. The highest BCUT2D eigenvalue weighted by atomic mass is 19.1. The molecule has 0 fully saturated rings. The van der Waals surface area contributed by atoms with Crippen molar-refractivity contribution >= 4 is 17.6 Å². The number of likely N-dealkylation sites (N-methyl/N-ethyl adjacent to an activating group) is 1. The van der Waals surface area contributed by atoms with Gasteiger partial charge in [0.05, 0.1) is 13.7 Å². The molecule has 0 heterocycles. The van der Waals surface area contributed by atoms with Gasteiger partial charge in [0, 0.05) is 12.2 Å². The SMILES string of the molecule is COc1ccc(CN(C)CC(=O)NC(=O)Nc2ccccc2)cc1F. The summed E-state index contributed by atoms with van der Waals surface area (Å²) in [7, 11) is 3.10. The molecule has 0 bridgehead atoms. The number of urea groups is 1. The number of hydrogen-bond acceptors (Lipinski definition) is 4. The fourth-order valence-corrected chi connectivity index (χ4v) is 2.27. The average molecular weight is 345 g/mol. The van der Waals surface area contributed by atoms with Crippen LogP contribution >= 0.6 is 0 Å². The molecule has 132 valence electrons. The van der Waals surface area contributed by atoms with Gasteiger partial charge in [-0.3, -0.25) is 15.0 Å². The molecule has 0 aliphatic carbocycles. The Labute approximate surface area is 145 Å². The quantitative estimate of drug-likeness (QED) is 0.844. The molecule has 3 amide bonds. The number of benzene rings is 2. The van der Waals surface area contributed by atoms with Gasteiger partial charge in [-0.15, -0.1) is 0 Å². The van der Waals surface area contributed by atoms with E-state index >= 15 is 0 Å². The number of carbonyl (C=O) groups is 2. The lowest BCUT2D eigenvalue weighted by Gasteiger charge is -2.16. The van der Waals surface area contributed by atoms with Gasteiger partial charge in [0.25, 0.3) is 0 Å². The predicted molar refractivity (Wildman–Crippen MR) is 92.9 cm³/mol. The van der Waals surface area contributed by atoms with Crippen molar-refractivity contribution in [1.29, 1.82) is 0 Å². The van der Waals surface area contributed by atoms with Crippen LogP contribution in [0.25, 0.3) is 0 Å². The van der Waals surface area contributed by atoms with Crippen molar-refractivity contribution < 1.29 is 18.7 Å². The standard InChI is InChI=1S/C18H20FN3O3/c1-22(11-13-8-9-16(25-2)15(19)10-13)12-17(23)21-18(24)20-14-6-4-3-5-7-14/h3-10H,11-12H2,1-2H3,(H2,20,21,23,24). The number of rotatable bonds is 6. The van der Waals surface area contributed by atoms with Crippen molar-refractivity contribution in [3.8, 4) is 5.75 Å². The van der Waals surface area contributed by atoms with E-state index in [9.17, 15) is 14.0 Å².